The van der Waals surface area contributed by atoms with E-state index in [1.165, 1.54) is 12.5 Å². The number of nitrogens with one attached hydrogen (secondary N) is 2. The normalized spacial score (nSPS) is 11.9. The average Bonchev–Trinajstić information content (AvgIpc) is 2.70. The van der Waals surface area contributed by atoms with Crippen LogP contribution in [-0.4, -0.2) is 24.9 Å². The number of hydrogen-bond acceptors (Lipinski definition) is 3. The number of anilines is 1. The Morgan fingerprint density at radius 2 is 1.93 bits per heavy atom. The summed E-state index contributed by atoms with van der Waals surface area (Å²) in [6, 6.07) is 10.2. The lowest BCUT2D eigenvalue weighted by molar-refractivity contribution is 0.224. The van der Waals surface area contributed by atoms with Gasteiger partial charge in [-0.3, -0.25) is 0 Å². The van der Waals surface area contributed by atoms with E-state index in [1.807, 2.05) is 12.1 Å². The zero-order chi connectivity index (χ0) is 21.2. The molecule has 2 aromatic carbocycles. The summed E-state index contributed by atoms with van der Waals surface area (Å²) >= 11 is 0. The molecular formula is C23H31FN2O3. The number of amides is 2. The van der Waals surface area contributed by atoms with E-state index >= 15 is 0 Å². The third kappa shape index (κ3) is 7.06. The number of aryl methyl sites for hydroxylation is 1. The standard InChI is InChI=1S/C23H31FN2O3/c1-16(2)8-4-5-9-17-14-18(12-13-22(17)29-3)25-23(28)26-21(15-27)19-10-6-7-11-20(19)24/h6-7,10-14,16,21,27H,4-5,8-9,15H2,1-3H3,(H2,25,26,28). The fraction of sp³-hybridized carbons (Fsp3) is 0.435. The van der Waals surface area contributed by atoms with Crippen molar-refractivity contribution in [2.24, 2.45) is 5.92 Å². The number of aliphatic hydroxyl groups excluding tert-OH is 1. The minimum absolute atomic E-state index is 0.241. The molecule has 1 unspecified atom stereocenters. The number of carbonyl (C=O) groups excluding carboxylic acids is 1. The highest BCUT2D eigenvalue weighted by atomic mass is 19.1. The lowest BCUT2D eigenvalue weighted by atomic mass is 10.0. The van der Waals surface area contributed by atoms with E-state index in [9.17, 15) is 14.3 Å². The fourth-order valence-corrected chi connectivity index (χ4v) is 3.22. The molecule has 0 heterocycles. The van der Waals surface area contributed by atoms with Crippen LogP contribution in [0.4, 0.5) is 14.9 Å². The Balaban J connectivity index is 2.01. The van der Waals surface area contributed by atoms with Gasteiger partial charge in [0.2, 0.25) is 0 Å². The maximum Gasteiger partial charge on any atom is 0.319 e. The summed E-state index contributed by atoms with van der Waals surface area (Å²) in [6.07, 6.45) is 4.23. The van der Waals surface area contributed by atoms with Crippen molar-refractivity contribution in [3.8, 4) is 5.75 Å². The molecule has 0 aliphatic rings. The van der Waals surface area contributed by atoms with Crippen LogP contribution in [0.5, 0.6) is 5.75 Å². The van der Waals surface area contributed by atoms with Gasteiger partial charge in [0.15, 0.2) is 0 Å². The van der Waals surface area contributed by atoms with Gasteiger partial charge in [0.05, 0.1) is 19.8 Å². The predicted octanol–water partition coefficient (Wildman–Crippen LogP) is 5.06. The van der Waals surface area contributed by atoms with Crippen LogP contribution in [0.3, 0.4) is 0 Å². The second-order valence-electron chi connectivity index (χ2n) is 7.52. The molecule has 0 radical (unpaired) electrons. The predicted molar refractivity (Wildman–Crippen MR) is 114 cm³/mol. The summed E-state index contributed by atoms with van der Waals surface area (Å²) in [6.45, 7) is 4.02. The molecule has 29 heavy (non-hydrogen) atoms. The molecular weight excluding hydrogens is 371 g/mol. The minimum Gasteiger partial charge on any atom is -0.496 e. The lowest BCUT2D eigenvalue weighted by Gasteiger charge is -2.18. The molecule has 0 aliphatic heterocycles. The number of carbonyl (C=O) groups is 1. The highest BCUT2D eigenvalue weighted by Gasteiger charge is 2.17. The third-order valence-electron chi connectivity index (χ3n) is 4.78. The van der Waals surface area contributed by atoms with Crippen LogP contribution in [0.1, 0.15) is 50.3 Å². The number of hydrogen-bond donors (Lipinski definition) is 3. The van der Waals surface area contributed by atoms with Crippen molar-refractivity contribution in [2.45, 2.75) is 45.6 Å². The second-order valence-corrected chi connectivity index (χ2v) is 7.52. The number of ether oxygens (including phenoxy) is 1. The summed E-state index contributed by atoms with van der Waals surface area (Å²) < 4.78 is 19.4. The van der Waals surface area contributed by atoms with E-state index in [0.717, 1.165) is 30.6 Å². The molecule has 2 amide bonds. The van der Waals surface area contributed by atoms with Gasteiger partial charge in [0.25, 0.3) is 0 Å². The van der Waals surface area contributed by atoms with Crippen LogP contribution in [0, 0.1) is 11.7 Å². The summed E-state index contributed by atoms with van der Waals surface area (Å²) in [7, 11) is 1.63. The first kappa shape index (κ1) is 22.7. The van der Waals surface area contributed by atoms with E-state index in [1.54, 1.807) is 31.4 Å². The molecule has 0 saturated heterocycles. The highest BCUT2D eigenvalue weighted by Crippen LogP contribution is 2.25. The Kier molecular flexibility index (Phi) is 8.93. The van der Waals surface area contributed by atoms with Crippen LogP contribution in [0.25, 0.3) is 0 Å². The quantitative estimate of drug-likeness (QED) is 0.487. The van der Waals surface area contributed by atoms with Gasteiger partial charge >= 0.3 is 6.03 Å². The fourth-order valence-electron chi connectivity index (χ4n) is 3.22. The summed E-state index contributed by atoms with van der Waals surface area (Å²) in [5.74, 6) is 1.00. The molecule has 3 N–H and O–H groups in total. The first-order valence-corrected chi connectivity index (χ1v) is 10.0. The molecule has 0 saturated carbocycles. The third-order valence-corrected chi connectivity index (χ3v) is 4.78. The van der Waals surface area contributed by atoms with Gasteiger partial charge in [0, 0.05) is 11.3 Å². The molecule has 6 heteroatoms. The van der Waals surface area contributed by atoms with Crippen LogP contribution in [-0.2, 0) is 6.42 Å². The molecule has 1 atom stereocenters. The van der Waals surface area contributed by atoms with Crippen LogP contribution >= 0.6 is 0 Å². The Hall–Kier alpha value is -2.60. The maximum absolute atomic E-state index is 13.9. The highest BCUT2D eigenvalue weighted by molar-refractivity contribution is 5.89. The van der Waals surface area contributed by atoms with Crippen molar-refractivity contribution in [1.29, 1.82) is 0 Å². The molecule has 5 nitrogen and oxygen atoms in total. The minimum atomic E-state index is -0.829. The molecule has 0 aliphatic carbocycles. The van der Waals surface area contributed by atoms with Gasteiger partial charge in [-0.15, -0.1) is 0 Å². The lowest BCUT2D eigenvalue weighted by Crippen LogP contribution is -2.34. The van der Waals surface area contributed by atoms with Gasteiger partial charge in [0.1, 0.15) is 11.6 Å². The van der Waals surface area contributed by atoms with E-state index < -0.39 is 24.5 Å². The number of halogens is 1. The zero-order valence-electron chi connectivity index (χ0n) is 17.4. The monoisotopic (exact) mass is 402 g/mol. The smallest absolute Gasteiger partial charge is 0.319 e. The van der Waals surface area contributed by atoms with E-state index in [-0.39, 0.29) is 5.56 Å². The van der Waals surface area contributed by atoms with E-state index in [2.05, 4.69) is 24.5 Å². The first-order valence-electron chi connectivity index (χ1n) is 10.0. The van der Waals surface area contributed by atoms with Gasteiger partial charge in [-0.2, -0.15) is 0 Å². The summed E-state index contributed by atoms with van der Waals surface area (Å²) in [5, 5.41) is 14.9. The van der Waals surface area contributed by atoms with Crippen LogP contribution < -0.4 is 15.4 Å². The van der Waals surface area contributed by atoms with Gasteiger partial charge in [-0.25, -0.2) is 9.18 Å². The van der Waals surface area contributed by atoms with Gasteiger partial charge in [-0.05, 0) is 48.6 Å². The van der Waals surface area contributed by atoms with Crippen molar-refractivity contribution in [2.75, 3.05) is 19.0 Å². The van der Waals surface area contributed by atoms with Gasteiger partial charge in [-0.1, -0.05) is 44.9 Å². The number of rotatable bonds is 10. The molecule has 0 aromatic heterocycles. The molecule has 158 valence electrons. The van der Waals surface area contributed by atoms with Gasteiger partial charge < -0.3 is 20.5 Å². The van der Waals surface area contributed by atoms with Crippen molar-refractivity contribution in [1.82, 2.24) is 5.32 Å². The van der Waals surface area contributed by atoms with E-state index in [0.29, 0.717) is 11.6 Å². The summed E-state index contributed by atoms with van der Waals surface area (Å²) in [4.78, 5) is 12.4. The topological polar surface area (TPSA) is 70.6 Å². The van der Waals surface area contributed by atoms with Crippen molar-refractivity contribution in [3.05, 3.63) is 59.4 Å². The van der Waals surface area contributed by atoms with Crippen molar-refractivity contribution >= 4 is 11.7 Å². The Morgan fingerprint density at radius 1 is 1.17 bits per heavy atom. The van der Waals surface area contributed by atoms with E-state index in [4.69, 9.17) is 4.74 Å². The average molecular weight is 403 g/mol. The van der Waals surface area contributed by atoms with Crippen molar-refractivity contribution < 1.29 is 19.0 Å². The van der Waals surface area contributed by atoms with Crippen molar-refractivity contribution in [3.63, 3.8) is 0 Å². The largest absolute Gasteiger partial charge is 0.496 e. The maximum atomic E-state index is 13.9. The molecule has 0 bridgehead atoms. The van der Waals surface area contributed by atoms with Crippen LogP contribution in [0.2, 0.25) is 0 Å². The number of benzene rings is 2. The first-order chi connectivity index (χ1) is 13.9. The Morgan fingerprint density at radius 3 is 2.59 bits per heavy atom. The number of aliphatic hydroxyl groups is 1. The summed E-state index contributed by atoms with van der Waals surface area (Å²) in [5.41, 5.74) is 1.89. The number of urea groups is 1. The molecule has 0 spiro atoms. The number of methoxy groups -OCH3 is 1. The Bertz CT molecular complexity index is 795. The molecule has 2 rings (SSSR count). The molecule has 0 fully saturated rings. The van der Waals surface area contributed by atoms with Crippen LogP contribution in [0.15, 0.2) is 42.5 Å². The Labute approximate surface area is 172 Å². The second kappa shape index (κ2) is 11.4. The number of unbranched alkanes of at least 4 members (excludes halogenated alkanes) is 1. The zero-order valence-corrected chi connectivity index (χ0v) is 17.4. The SMILES string of the molecule is COc1ccc(NC(=O)NC(CO)c2ccccc2F)cc1CCCCC(C)C. The molecule has 2 aromatic rings.